The molecule has 44 heavy (non-hydrogen) atoms. The topological polar surface area (TPSA) is 77.1 Å². The number of fused-ring (bicyclic) bond motifs is 3. The van der Waals surface area contributed by atoms with Crippen LogP contribution in [0.1, 0.15) is 62.3 Å². The Morgan fingerprint density at radius 1 is 1.02 bits per heavy atom. The average molecular weight is 598 g/mol. The second-order valence-corrected chi connectivity index (χ2v) is 13.4. The minimum Gasteiger partial charge on any atom is -0.461 e. The third-order valence-electron chi connectivity index (χ3n) is 10.4. The van der Waals surface area contributed by atoms with Gasteiger partial charge in [-0.2, -0.15) is 9.97 Å². The highest BCUT2D eigenvalue weighted by Gasteiger charge is 2.45. The van der Waals surface area contributed by atoms with E-state index >= 15 is 0 Å². The molecule has 9 nitrogen and oxygen atoms in total. The van der Waals surface area contributed by atoms with Gasteiger partial charge in [-0.1, -0.05) is 37.3 Å². The standard InChI is InChI=1S/C35H47N7O2/c1-4-25-10-5-11-26-12-6-14-30(31(25)26)40-21-15-28-29(23-40)37-33(44-24-35-16-8-19-42(35)20-9-17-35)38-32(28)41-18-7-13-27(22-41)36-34(43)39(2)3/h5-6,10-12,14,27H,4,7-9,13,15-24H2,1-3H3,(H,36,43). The predicted molar refractivity (Wildman–Crippen MR) is 176 cm³/mol. The van der Waals surface area contributed by atoms with Crippen LogP contribution in [0.4, 0.5) is 16.3 Å². The molecule has 2 aromatic carbocycles. The summed E-state index contributed by atoms with van der Waals surface area (Å²) in [4.78, 5) is 31.9. The summed E-state index contributed by atoms with van der Waals surface area (Å²) in [6, 6.07) is 13.9. The fraction of sp³-hybridized carbons (Fsp3) is 0.571. The zero-order valence-electron chi connectivity index (χ0n) is 26.6. The number of urea groups is 1. The van der Waals surface area contributed by atoms with Crippen molar-refractivity contribution in [3.63, 3.8) is 0 Å². The van der Waals surface area contributed by atoms with Crippen LogP contribution in [0.15, 0.2) is 36.4 Å². The van der Waals surface area contributed by atoms with Crippen molar-refractivity contribution < 1.29 is 9.53 Å². The lowest BCUT2D eigenvalue weighted by atomic mass is 9.95. The van der Waals surface area contributed by atoms with Crippen LogP contribution < -0.4 is 19.9 Å². The lowest BCUT2D eigenvalue weighted by Crippen LogP contribution is -2.51. The molecule has 0 saturated carbocycles. The molecule has 0 spiro atoms. The number of carbonyl (C=O) groups is 1. The molecule has 5 heterocycles. The summed E-state index contributed by atoms with van der Waals surface area (Å²) in [5, 5.41) is 5.85. The van der Waals surface area contributed by atoms with Crippen LogP contribution in [0.5, 0.6) is 6.01 Å². The van der Waals surface area contributed by atoms with Crippen LogP contribution in [0.25, 0.3) is 10.8 Å². The van der Waals surface area contributed by atoms with Crippen molar-refractivity contribution in [3.05, 3.63) is 53.2 Å². The summed E-state index contributed by atoms with van der Waals surface area (Å²) in [6.45, 7) is 8.54. The number of carbonyl (C=O) groups excluding carboxylic acids is 1. The molecule has 1 atom stereocenters. The summed E-state index contributed by atoms with van der Waals surface area (Å²) in [5.74, 6) is 0.993. The van der Waals surface area contributed by atoms with E-state index in [9.17, 15) is 4.79 Å². The van der Waals surface area contributed by atoms with Gasteiger partial charge in [-0.05, 0) is 81.5 Å². The van der Waals surface area contributed by atoms with Gasteiger partial charge in [0.15, 0.2) is 0 Å². The molecular formula is C35H47N7O2. The van der Waals surface area contributed by atoms with E-state index in [1.54, 1.807) is 19.0 Å². The second-order valence-electron chi connectivity index (χ2n) is 13.4. The molecule has 3 aromatic rings. The summed E-state index contributed by atoms with van der Waals surface area (Å²) >= 11 is 0. The SMILES string of the molecule is CCc1cccc2cccc(N3CCc4c(nc(OCC56CCCN5CCC6)nc4N4CCCC(NC(=O)N(C)C)C4)C3)c12. The molecule has 9 heteroatoms. The molecule has 0 bridgehead atoms. The van der Waals surface area contributed by atoms with E-state index in [0.29, 0.717) is 12.6 Å². The third kappa shape index (κ3) is 5.44. The van der Waals surface area contributed by atoms with Crippen LogP contribution in [0.3, 0.4) is 0 Å². The van der Waals surface area contributed by atoms with Gasteiger partial charge in [-0.15, -0.1) is 0 Å². The van der Waals surface area contributed by atoms with Gasteiger partial charge in [0.25, 0.3) is 0 Å². The number of ether oxygens (including phenoxy) is 1. The summed E-state index contributed by atoms with van der Waals surface area (Å²) in [5.41, 5.74) is 5.09. The van der Waals surface area contributed by atoms with Crippen LogP contribution in [0.2, 0.25) is 0 Å². The molecule has 7 rings (SSSR count). The lowest BCUT2D eigenvalue weighted by Gasteiger charge is -2.38. The predicted octanol–water partition coefficient (Wildman–Crippen LogP) is 5.00. The van der Waals surface area contributed by atoms with E-state index in [-0.39, 0.29) is 17.6 Å². The van der Waals surface area contributed by atoms with Crippen LogP contribution in [-0.2, 0) is 19.4 Å². The smallest absolute Gasteiger partial charge is 0.318 e. The summed E-state index contributed by atoms with van der Waals surface area (Å²) in [6.07, 6.45) is 8.73. The molecule has 2 amide bonds. The van der Waals surface area contributed by atoms with Crippen molar-refractivity contribution in [2.75, 3.05) is 63.2 Å². The number of aryl methyl sites for hydroxylation is 1. The maximum absolute atomic E-state index is 12.5. The quantitative estimate of drug-likeness (QED) is 0.411. The highest BCUT2D eigenvalue weighted by molar-refractivity contribution is 5.97. The third-order valence-corrected chi connectivity index (χ3v) is 10.4. The Morgan fingerprint density at radius 2 is 1.82 bits per heavy atom. The Labute approximate surface area is 261 Å². The number of rotatable bonds is 7. The van der Waals surface area contributed by atoms with Crippen molar-refractivity contribution in [1.82, 2.24) is 25.1 Å². The molecule has 1 N–H and O–H groups in total. The summed E-state index contributed by atoms with van der Waals surface area (Å²) in [7, 11) is 3.58. The zero-order valence-corrected chi connectivity index (χ0v) is 26.6. The van der Waals surface area contributed by atoms with E-state index in [1.807, 2.05) is 0 Å². The second kappa shape index (κ2) is 12.1. The molecule has 4 aliphatic rings. The number of nitrogens with one attached hydrogen (secondary N) is 1. The number of anilines is 2. The van der Waals surface area contributed by atoms with Crippen LogP contribution >= 0.6 is 0 Å². The highest BCUT2D eigenvalue weighted by atomic mass is 16.5. The molecule has 3 saturated heterocycles. The van der Waals surface area contributed by atoms with Gasteiger partial charge >= 0.3 is 12.0 Å². The molecule has 1 unspecified atom stereocenters. The number of amides is 2. The monoisotopic (exact) mass is 597 g/mol. The van der Waals surface area contributed by atoms with Gasteiger partial charge in [0.2, 0.25) is 0 Å². The first-order valence-corrected chi connectivity index (χ1v) is 16.7. The Bertz CT molecular complexity index is 1510. The maximum atomic E-state index is 12.5. The molecule has 234 valence electrons. The van der Waals surface area contributed by atoms with Crippen molar-refractivity contribution in [2.45, 2.75) is 76.4 Å². The number of benzene rings is 2. The first kappa shape index (κ1) is 29.1. The molecule has 0 radical (unpaired) electrons. The number of hydrogen-bond acceptors (Lipinski definition) is 7. The molecule has 3 fully saturated rings. The van der Waals surface area contributed by atoms with Crippen LogP contribution in [0, 0.1) is 0 Å². The van der Waals surface area contributed by atoms with Crippen molar-refractivity contribution in [2.24, 2.45) is 0 Å². The van der Waals surface area contributed by atoms with Gasteiger partial charge in [-0.3, -0.25) is 4.90 Å². The molecular weight excluding hydrogens is 550 g/mol. The summed E-state index contributed by atoms with van der Waals surface area (Å²) < 4.78 is 6.58. The van der Waals surface area contributed by atoms with Gasteiger partial charge < -0.3 is 24.8 Å². The van der Waals surface area contributed by atoms with Crippen molar-refractivity contribution in [1.29, 1.82) is 0 Å². The van der Waals surface area contributed by atoms with E-state index in [4.69, 9.17) is 14.7 Å². The maximum Gasteiger partial charge on any atom is 0.318 e. The fourth-order valence-electron chi connectivity index (χ4n) is 8.13. The van der Waals surface area contributed by atoms with E-state index in [0.717, 1.165) is 63.4 Å². The number of nitrogens with zero attached hydrogens (tertiary/aromatic N) is 6. The van der Waals surface area contributed by atoms with Gasteiger partial charge in [0.05, 0.1) is 17.8 Å². The van der Waals surface area contributed by atoms with Gasteiger partial charge in [0.1, 0.15) is 12.4 Å². The molecule has 1 aromatic heterocycles. The minimum absolute atomic E-state index is 0.0419. The number of aromatic nitrogens is 2. The lowest BCUT2D eigenvalue weighted by molar-refractivity contribution is 0.107. The average Bonchev–Trinajstić information content (AvgIpc) is 3.63. The molecule has 0 aliphatic carbocycles. The Hall–Kier alpha value is -3.59. The molecule has 4 aliphatic heterocycles. The van der Waals surface area contributed by atoms with Gasteiger partial charge in [-0.25, -0.2) is 4.79 Å². The number of hydrogen-bond donors (Lipinski definition) is 1. The first-order chi connectivity index (χ1) is 21.4. The van der Waals surface area contributed by atoms with Crippen molar-refractivity contribution in [3.8, 4) is 6.01 Å². The van der Waals surface area contributed by atoms with E-state index < -0.39 is 0 Å². The first-order valence-electron chi connectivity index (χ1n) is 16.7. The Morgan fingerprint density at radius 3 is 2.59 bits per heavy atom. The van der Waals surface area contributed by atoms with E-state index in [1.165, 1.54) is 66.4 Å². The Balaban J connectivity index is 1.21. The normalized spacial score (nSPS) is 21.3. The Kier molecular flexibility index (Phi) is 7.99. The number of piperidine rings is 1. The minimum atomic E-state index is -0.0419. The van der Waals surface area contributed by atoms with Crippen LogP contribution in [-0.4, -0.2) is 90.8 Å². The van der Waals surface area contributed by atoms with Gasteiger partial charge in [0, 0.05) is 56.4 Å². The highest BCUT2D eigenvalue weighted by Crippen LogP contribution is 2.40. The zero-order chi connectivity index (χ0) is 30.3. The van der Waals surface area contributed by atoms with E-state index in [2.05, 4.69) is 63.3 Å². The van der Waals surface area contributed by atoms with Crippen molar-refractivity contribution >= 4 is 28.3 Å². The largest absolute Gasteiger partial charge is 0.461 e. The fourth-order valence-corrected chi connectivity index (χ4v) is 8.13.